The molecule has 11 heteroatoms. The third-order valence-electron chi connectivity index (χ3n) is 5.53. The summed E-state index contributed by atoms with van der Waals surface area (Å²) in [5, 5.41) is 0. The van der Waals surface area contributed by atoms with Gasteiger partial charge in [0.1, 0.15) is 11.5 Å². The van der Waals surface area contributed by atoms with E-state index in [1.54, 1.807) is 36.2 Å². The van der Waals surface area contributed by atoms with Crippen LogP contribution in [0.15, 0.2) is 50.5 Å². The SMILES string of the molecule is COc1cc(OC)cc(C(=O)N2CCN(S(=O)(=O)c3ccc4c(c3)oc(=O)n4C)CC2)c1. The van der Waals surface area contributed by atoms with E-state index >= 15 is 0 Å². The monoisotopic (exact) mass is 461 g/mol. The summed E-state index contributed by atoms with van der Waals surface area (Å²) in [5.41, 5.74) is 1.12. The van der Waals surface area contributed by atoms with Crippen LogP contribution in [0.4, 0.5) is 0 Å². The highest BCUT2D eigenvalue weighted by Gasteiger charge is 2.31. The summed E-state index contributed by atoms with van der Waals surface area (Å²) in [5.74, 6) is 0.205. The van der Waals surface area contributed by atoms with Crippen LogP contribution < -0.4 is 15.2 Å². The number of rotatable bonds is 5. The number of piperazine rings is 1. The Bertz CT molecular complexity index is 1310. The number of hydrogen-bond acceptors (Lipinski definition) is 7. The highest BCUT2D eigenvalue weighted by molar-refractivity contribution is 7.89. The van der Waals surface area contributed by atoms with E-state index in [1.165, 1.54) is 35.2 Å². The lowest BCUT2D eigenvalue weighted by Crippen LogP contribution is -2.50. The largest absolute Gasteiger partial charge is 0.497 e. The Morgan fingerprint density at radius 1 is 0.969 bits per heavy atom. The first-order valence-corrected chi connectivity index (χ1v) is 11.3. The van der Waals surface area contributed by atoms with Gasteiger partial charge in [0.15, 0.2) is 5.58 Å². The third-order valence-corrected chi connectivity index (χ3v) is 7.42. The van der Waals surface area contributed by atoms with E-state index in [4.69, 9.17) is 13.9 Å². The zero-order valence-electron chi connectivity index (χ0n) is 17.9. The summed E-state index contributed by atoms with van der Waals surface area (Å²) in [4.78, 5) is 26.3. The molecule has 0 atom stereocenters. The summed E-state index contributed by atoms with van der Waals surface area (Å²) in [7, 11) is 0.753. The molecular formula is C21H23N3O7S. The van der Waals surface area contributed by atoms with Crippen LogP contribution in [-0.4, -0.2) is 68.5 Å². The molecule has 1 aromatic heterocycles. The highest BCUT2D eigenvalue weighted by atomic mass is 32.2. The van der Waals surface area contributed by atoms with Gasteiger partial charge in [-0.3, -0.25) is 9.36 Å². The number of nitrogens with zero attached hydrogens (tertiary/aromatic N) is 3. The first-order valence-electron chi connectivity index (χ1n) is 9.86. The Morgan fingerprint density at radius 3 is 2.19 bits per heavy atom. The summed E-state index contributed by atoms with van der Waals surface area (Å²) in [6.07, 6.45) is 0. The minimum absolute atomic E-state index is 0.0386. The third kappa shape index (κ3) is 3.84. The van der Waals surface area contributed by atoms with Crippen LogP contribution in [0.1, 0.15) is 10.4 Å². The zero-order valence-corrected chi connectivity index (χ0v) is 18.7. The van der Waals surface area contributed by atoms with Gasteiger partial charge in [-0.1, -0.05) is 0 Å². The number of sulfonamides is 1. The Labute approximate surface area is 184 Å². The number of benzene rings is 2. The number of carbonyl (C=O) groups is 1. The average molecular weight is 461 g/mol. The molecule has 0 spiro atoms. The molecule has 0 aliphatic carbocycles. The number of amides is 1. The van der Waals surface area contributed by atoms with E-state index < -0.39 is 15.8 Å². The molecule has 10 nitrogen and oxygen atoms in total. The van der Waals surface area contributed by atoms with Crippen LogP contribution in [0.3, 0.4) is 0 Å². The molecule has 0 N–H and O–H groups in total. The smallest absolute Gasteiger partial charge is 0.419 e. The topological polar surface area (TPSA) is 111 Å². The molecule has 2 aromatic carbocycles. The standard InChI is InChI=1S/C21H23N3O7S/c1-22-18-5-4-17(13-19(18)31-21(22)26)32(27,28)24-8-6-23(7-9-24)20(25)14-10-15(29-2)12-16(11-14)30-3/h4-5,10-13H,6-9H2,1-3H3. The number of fused-ring (bicyclic) bond motifs is 1. The van der Waals surface area contributed by atoms with Gasteiger partial charge in [-0.25, -0.2) is 13.2 Å². The van der Waals surface area contributed by atoms with E-state index in [0.717, 1.165) is 0 Å². The normalized spacial score (nSPS) is 15.2. The number of aromatic nitrogens is 1. The minimum Gasteiger partial charge on any atom is -0.497 e. The lowest BCUT2D eigenvalue weighted by atomic mass is 10.1. The van der Waals surface area contributed by atoms with Crippen LogP contribution >= 0.6 is 0 Å². The van der Waals surface area contributed by atoms with Crippen LogP contribution in [0.5, 0.6) is 11.5 Å². The number of aryl methyl sites for hydroxylation is 1. The van der Waals surface area contributed by atoms with Crippen LogP contribution in [0.2, 0.25) is 0 Å². The molecule has 4 rings (SSSR count). The Balaban J connectivity index is 1.50. The number of ether oxygens (including phenoxy) is 2. The number of oxazole rings is 1. The Hall–Kier alpha value is -3.31. The van der Waals surface area contributed by atoms with Gasteiger partial charge in [-0.15, -0.1) is 0 Å². The van der Waals surface area contributed by atoms with Gasteiger partial charge < -0.3 is 18.8 Å². The Morgan fingerprint density at radius 2 is 1.59 bits per heavy atom. The van der Waals surface area contributed by atoms with Crippen molar-refractivity contribution in [2.75, 3.05) is 40.4 Å². The molecule has 0 unspecified atom stereocenters. The molecule has 1 aliphatic rings. The van der Waals surface area contributed by atoms with Crippen molar-refractivity contribution in [2.45, 2.75) is 4.90 Å². The van der Waals surface area contributed by atoms with Crippen LogP contribution in [0.25, 0.3) is 11.1 Å². The fourth-order valence-corrected chi connectivity index (χ4v) is 5.11. The first-order chi connectivity index (χ1) is 15.2. The van der Waals surface area contributed by atoms with Crippen LogP contribution in [0, 0.1) is 0 Å². The second-order valence-electron chi connectivity index (χ2n) is 7.35. The molecule has 1 amide bonds. The molecule has 0 bridgehead atoms. The highest BCUT2D eigenvalue weighted by Crippen LogP contribution is 2.25. The van der Waals surface area contributed by atoms with Gasteiger partial charge in [0.25, 0.3) is 5.91 Å². The first kappa shape index (κ1) is 21.9. The minimum atomic E-state index is -3.81. The molecule has 1 saturated heterocycles. The summed E-state index contributed by atoms with van der Waals surface area (Å²) in [6, 6.07) is 9.27. The molecule has 1 fully saturated rings. The quantitative estimate of drug-likeness (QED) is 0.563. The molecule has 1 aliphatic heterocycles. The molecule has 0 radical (unpaired) electrons. The van der Waals surface area contributed by atoms with Crippen molar-refractivity contribution in [3.63, 3.8) is 0 Å². The van der Waals surface area contributed by atoms with Crippen molar-refractivity contribution in [1.29, 1.82) is 0 Å². The van der Waals surface area contributed by atoms with Crippen molar-refractivity contribution in [1.82, 2.24) is 13.8 Å². The maximum atomic E-state index is 13.1. The van der Waals surface area contributed by atoms with Crippen molar-refractivity contribution < 1.29 is 27.1 Å². The van der Waals surface area contributed by atoms with Gasteiger partial charge in [0, 0.05) is 50.9 Å². The van der Waals surface area contributed by atoms with Crippen molar-refractivity contribution in [2.24, 2.45) is 7.05 Å². The maximum absolute atomic E-state index is 13.1. The second kappa shape index (κ2) is 8.32. The van der Waals surface area contributed by atoms with Crippen molar-refractivity contribution in [3.8, 4) is 11.5 Å². The van der Waals surface area contributed by atoms with E-state index in [1.807, 2.05) is 0 Å². The number of hydrogen-bond donors (Lipinski definition) is 0. The fraction of sp³-hybridized carbons (Fsp3) is 0.333. The molecule has 2 heterocycles. The molecule has 32 heavy (non-hydrogen) atoms. The van der Waals surface area contributed by atoms with E-state index in [2.05, 4.69) is 0 Å². The second-order valence-corrected chi connectivity index (χ2v) is 9.29. The van der Waals surface area contributed by atoms with Crippen molar-refractivity contribution >= 4 is 27.0 Å². The predicted octanol–water partition coefficient (Wildman–Crippen LogP) is 1.30. The lowest BCUT2D eigenvalue weighted by Gasteiger charge is -2.34. The lowest BCUT2D eigenvalue weighted by molar-refractivity contribution is 0.0697. The van der Waals surface area contributed by atoms with Gasteiger partial charge in [-0.05, 0) is 24.3 Å². The number of carbonyl (C=O) groups excluding carboxylic acids is 1. The summed E-state index contributed by atoms with van der Waals surface area (Å²) < 4.78 is 44.4. The fourth-order valence-electron chi connectivity index (χ4n) is 3.67. The molecule has 3 aromatic rings. The van der Waals surface area contributed by atoms with E-state index in [9.17, 15) is 18.0 Å². The molecule has 0 saturated carbocycles. The van der Waals surface area contributed by atoms with E-state index in [0.29, 0.717) is 22.6 Å². The van der Waals surface area contributed by atoms with Gasteiger partial charge in [0.05, 0.1) is 24.6 Å². The molecular weight excluding hydrogens is 438 g/mol. The van der Waals surface area contributed by atoms with Gasteiger partial charge in [0.2, 0.25) is 10.0 Å². The van der Waals surface area contributed by atoms with E-state index in [-0.39, 0.29) is 42.6 Å². The van der Waals surface area contributed by atoms with Crippen LogP contribution in [-0.2, 0) is 17.1 Å². The Kier molecular flexibility index (Phi) is 5.70. The maximum Gasteiger partial charge on any atom is 0.419 e. The summed E-state index contributed by atoms with van der Waals surface area (Å²) in [6.45, 7) is 0.762. The van der Waals surface area contributed by atoms with Gasteiger partial charge in [-0.2, -0.15) is 4.31 Å². The predicted molar refractivity (Wildman–Crippen MR) is 116 cm³/mol. The van der Waals surface area contributed by atoms with Crippen molar-refractivity contribution in [3.05, 3.63) is 52.5 Å². The average Bonchev–Trinajstić information content (AvgIpc) is 3.10. The summed E-state index contributed by atoms with van der Waals surface area (Å²) >= 11 is 0. The van der Waals surface area contributed by atoms with Gasteiger partial charge >= 0.3 is 5.76 Å². The molecule has 170 valence electrons. The zero-order chi connectivity index (χ0) is 23.0. The number of methoxy groups -OCH3 is 2.